The van der Waals surface area contributed by atoms with Gasteiger partial charge in [0.1, 0.15) is 17.5 Å². The van der Waals surface area contributed by atoms with Crippen molar-refractivity contribution in [2.75, 3.05) is 31.1 Å². The average Bonchev–Trinajstić information content (AvgIpc) is 3.09. The van der Waals surface area contributed by atoms with Crippen LogP contribution in [0, 0.1) is 28.1 Å². The number of aromatic nitrogens is 1. The fraction of sp³-hybridized carbons (Fsp3) is 0.708. The van der Waals surface area contributed by atoms with Gasteiger partial charge in [-0.15, -0.1) is 0 Å². The highest BCUT2D eigenvalue weighted by molar-refractivity contribution is 5.70. The van der Waals surface area contributed by atoms with Gasteiger partial charge in [0.15, 0.2) is 0 Å². The van der Waals surface area contributed by atoms with E-state index in [-0.39, 0.29) is 11.5 Å². The molecule has 5 aliphatic rings. The Bertz CT molecular complexity index is 949. The molecule has 2 aliphatic heterocycles. The summed E-state index contributed by atoms with van der Waals surface area (Å²) in [4.78, 5) is 21.5. The number of carbonyl (C=O) groups excluding carboxylic acids is 1. The Morgan fingerprint density at radius 3 is 2.67 bits per heavy atom. The molecule has 1 aromatic rings. The van der Waals surface area contributed by atoms with Gasteiger partial charge in [-0.25, -0.2) is 9.78 Å². The van der Waals surface area contributed by atoms with E-state index in [1.807, 2.05) is 20.8 Å². The van der Waals surface area contributed by atoms with Crippen LogP contribution in [0.15, 0.2) is 6.07 Å². The molecule has 1 spiro atoms. The number of carbonyl (C=O) groups is 1. The first-order valence-electron chi connectivity index (χ1n) is 11.2. The number of likely N-dealkylation sites (tertiary alicyclic amines) is 1. The number of anilines is 1. The van der Waals surface area contributed by atoms with Crippen LogP contribution >= 0.6 is 0 Å². The number of amides is 1. The third-order valence-corrected chi connectivity index (χ3v) is 7.94. The van der Waals surface area contributed by atoms with Crippen molar-refractivity contribution in [3.63, 3.8) is 0 Å². The van der Waals surface area contributed by atoms with Gasteiger partial charge in [-0.2, -0.15) is 5.26 Å². The SMILES string of the molecule is CC(C)(C)OC(=O)N1CC2(CCN(c3nc4c(cc3C#N)C[C@H]3C[C@@H]4C3(C)C)C2)C1. The van der Waals surface area contributed by atoms with Crippen LogP contribution in [0.5, 0.6) is 0 Å². The number of pyridine rings is 1. The summed E-state index contributed by atoms with van der Waals surface area (Å²) < 4.78 is 5.51. The van der Waals surface area contributed by atoms with E-state index in [1.165, 1.54) is 17.7 Å². The van der Waals surface area contributed by atoms with Crippen molar-refractivity contribution < 1.29 is 9.53 Å². The van der Waals surface area contributed by atoms with Crippen LogP contribution in [0.3, 0.4) is 0 Å². The Morgan fingerprint density at radius 1 is 1.30 bits per heavy atom. The Hall–Kier alpha value is -2.29. The van der Waals surface area contributed by atoms with E-state index in [0.717, 1.165) is 50.8 Å². The highest BCUT2D eigenvalue weighted by atomic mass is 16.6. The lowest BCUT2D eigenvalue weighted by atomic mass is 9.48. The molecule has 0 radical (unpaired) electrons. The molecular weight excluding hydrogens is 376 g/mol. The van der Waals surface area contributed by atoms with Crippen LogP contribution in [0.4, 0.5) is 10.6 Å². The maximum absolute atomic E-state index is 12.3. The molecule has 3 heterocycles. The van der Waals surface area contributed by atoms with E-state index in [1.54, 1.807) is 4.90 Å². The fourth-order valence-electron chi connectivity index (χ4n) is 6.03. The molecule has 1 amide bonds. The Balaban J connectivity index is 1.33. The molecule has 0 aromatic carbocycles. The maximum atomic E-state index is 12.3. The molecule has 0 unspecified atom stereocenters. The number of nitriles is 1. The predicted molar refractivity (Wildman–Crippen MR) is 114 cm³/mol. The molecular formula is C24H32N4O2. The quantitative estimate of drug-likeness (QED) is 0.700. The lowest BCUT2D eigenvalue weighted by Gasteiger charge is -2.56. The van der Waals surface area contributed by atoms with Gasteiger partial charge in [0.05, 0.1) is 5.56 Å². The van der Waals surface area contributed by atoms with Crippen LogP contribution in [0.1, 0.15) is 70.2 Å². The molecule has 2 saturated heterocycles. The van der Waals surface area contributed by atoms with Gasteiger partial charge in [-0.05, 0) is 63.0 Å². The van der Waals surface area contributed by atoms with Gasteiger partial charge in [0.25, 0.3) is 0 Å². The predicted octanol–water partition coefficient (Wildman–Crippen LogP) is 4.09. The highest BCUT2D eigenvalue weighted by Crippen LogP contribution is 2.62. The van der Waals surface area contributed by atoms with Gasteiger partial charge < -0.3 is 14.5 Å². The molecule has 6 heteroatoms. The summed E-state index contributed by atoms with van der Waals surface area (Å²) in [7, 11) is 0. The molecule has 160 valence electrons. The molecule has 2 bridgehead atoms. The molecule has 6 nitrogen and oxygen atoms in total. The largest absolute Gasteiger partial charge is 0.444 e. The minimum atomic E-state index is -0.468. The number of nitrogens with zero attached hydrogens (tertiary/aromatic N) is 4. The standard InChI is InChI=1S/C24H32N4O2/c1-22(2,3)30-21(29)28-13-24(14-28)6-7-27(12-24)20-16(11-25)8-15-9-17-10-18(19(15)26-20)23(17,4)5/h8,17-18H,6-7,9-10,12-14H2,1-5H3/t17-,18-/m0/s1. The highest BCUT2D eigenvalue weighted by Gasteiger charge is 2.54. The van der Waals surface area contributed by atoms with E-state index in [9.17, 15) is 10.1 Å². The molecule has 1 saturated carbocycles. The molecule has 6 rings (SSSR count). The van der Waals surface area contributed by atoms with E-state index >= 15 is 0 Å². The van der Waals surface area contributed by atoms with Crippen LogP contribution in [0.25, 0.3) is 0 Å². The summed E-state index contributed by atoms with van der Waals surface area (Å²) in [5, 5.41) is 9.80. The first-order chi connectivity index (χ1) is 14.0. The molecule has 0 N–H and O–H groups in total. The van der Waals surface area contributed by atoms with Gasteiger partial charge >= 0.3 is 6.09 Å². The minimum absolute atomic E-state index is 0.0993. The fourth-order valence-corrected chi connectivity index (χ4v) is 6.03. The average molecular weight is 409 g/mol. The van der Waals surface area contributed by atoms with Crippen molar-refractivity contribution in [3.05, 3.63) is 22.9 Å². The summed E-state index contributed by atoms with van der Waals surface area (Å²) in [6.07, 6.45) is 3.08. The van der Waals surface area contributed by atoms with Crippen molar-refractivity contribution in [2.45, 2.75) is 65.4 Å². The van der Waals surface area contributed by atoms with Crippen LogP contribution in [-0.4, -0.2) is 47.8 Å². The molecule has 1 aromatic heterocycles. The molecule has 30 heavy (non-hydrogen) atoms. The topological polar surface area (TPSA) is 69.5 Å². The summed E-state index contributed by atoms with van der Waals surface area (Å²) in [6.45, 7) is 13.6. The number of ether oxygens (including phenoxy) is 1. The van der Waals surface area contributed by atoms with Gasteiger partial charge in [0, 0.05) is 43.2 Å². The van der Waals surface area contributed by atoms with Crippen molar-refractivity contribution in [3.8, 4) is 6.07 Å². The Labute approximate surface area is 179 Å². The van der Waals surface area contributed by atoms with E-state index in [4.69, 9.17) is 9.72 Å². The van der Waals surface area contributed by atoms with Crippen LogP contribution in [-0.2, 0) is 11.2 Å². The Kier molecular flexibility index (Phi) is 4.01. The third kappa shape index (κ3) is 2.89. The third-order valence-electron chi connectivity index (χ3n) is 7.94. The summed E-state index contributed by atoms with van der Waals surface area (Å²) in [6, 6.07) is 4.50. The molecule has 2 atom stereocenters. The van der Waals surface area contributed by atoms with Crippen molar-refractivity contribution >= 4 is 11.9 Å². The van der Waals surface area contributed by atoms with Gasteiger partial charge in [0.2, 0.25) is 0 Å². The number of hydrogen-bond donors (Lipinski definition) is 0. The van der Waals surface area contributed by atoms with Gasteiger partial charge in [-0.3, -0.25) is 0 Å². The summed E-state index contributed by atoms with van der Waals surface area (Å²) >= 11 is 0. The monoisotopic (exact) mass is 408 g/mol. The van der Waals surface area contributed by atoms with Crippen LogP contribution in [0.2, 0.25) is 0 Å². The van der Waals surface area contributed by atoms with E-state index < -0.39 is 5.60 Å². The zero-order chi connectivity index (χ0) is 21.5. The first kappa shape index (κ1) is 19.7. The molecule has 3 fully saturated rings. The Morgan fingerprint density at radius 2 is 2.03 bits per heavy atom. The zero-order valence-corrected chi connectivity index (χ0v) is 18.8. The van der Waals surface area contributed by atoms with Crippen molar-refractivity contribution in [2.24, 2.45) is 16.7 Å². The summed E-state index contributed by atoms with van der Waals surface area (Å²) in [5.41, 5.74) is 3.16. The van der Waals surface area contributed by atoms with E-state index in [0.29, 0.717) is 16.9 Å². The van der Waals surface area contributed by atoms with Crippen LogP contribution < -0.4 is 4.90 Å². The number of hydrogen-bond acceptors (Lipinski definition) is 5. The maximum Gasteiger partial charge on any atom is 0.410 e. The molecule has 3 aliphatic carbocycles. The zero-order valence-electron chi connectivity index (χ0n) is 18.8. The van der Waals surface area contributed by atoms with Crippen molar-refractivity contribution in [1.82, 2.24) is 9.88 Å². The second-order valence-corrected chi connectivity index (χ2v) is 11.5. The lowest BCUT2D eigenvalue weighted by molar-refractivity contribution is -0.0266. The van der Waals surface area contributed by atoms with Gasteiger partial charge in [-0.1, -0.05) is 13.8 Å². The number of rotatable bonds is 1. The van der Waals surface area contributed by atoms with Crippen molar-refractivity contribution in [1.29, 1.82) is 5.26 Å². The minimum Gasteiger partial charge on any atom is -0.444 e. The van der Waals surface area contributed by atoms with E-state index in [2.05, 4.69) is 30.9 Å². The second kappa shape index (κ2) is 6.12. The smallest absolute Gasteiger partial charge is 0.410 e. The normalized spacial score (nSPS) is 27.7. The first-order valence-corrected chi connectivity index (χ1v) is 11.2. The summed E-state index contributed by atoms with van der Waals surface area (Å²) in [5.74, 6) is 2.09. The lowest BCUT2D eigenvalue weighted by Crippen LogP contribution is -2.60. The second-order valence-electron chi connectivity index (χ2n) is 11.5.